The van der Waals surface area contributed by atoms with Crippen LogP contribution in [0.1, 0.15) is 23.1 Å². The molecule has 0 amide bonds. The number of nitrogens with zero attached hydrogens (tertiary/aromatic N) is 2. The van der Waals surface area contributed by atoms with Crippen LogP contribution in [0.15, 0.2) is 36.5 Å². The molecule has 104 valence electrons. The van der Waals surface area contributed by atoms with E-state index in [1.54, 1.807) is 0 Å². The van der Waals surface area contributed by atoms with E-state index in [1.807, 2.05) is 17.5 Å². The van der Waals surface area contributed by atoms with Gasteiger partial charge in [-0.05, 0) is 36.6 Å². The second-order valence-corrected chi connectivity index (χ2v) is 6.05. The van der Waals surface area contributed by atoms with Gasteiger partial charge in [0, 0.05) is 28.0 Å². The Balaban J connectivity index is 2.04. The molecule has 1 N–H and O–H groups in total. The van der Waals surface area contributed by atoms with Gasteiger partial charge in [0.05, 0.1) is 6.54 Å². The first-order valence-corrected chi connectivity index (χ1v) is 7.79. The zero-order valence-corrected chi connectivity index (χ0v) is 12.7. The Kier molecular flexibility index (Phi) is 3.85. The molecule has 0 bridgehead atoms. The van der Waals surface area contributed by atoms with Crippen molar-refractivity contribution in [1.29, 1.82) is 0 Å². The van der Waals surface area contributed by atoms with Crippen LogP contribution in [-0.4, -0.2) is 16.3 Å². The average molecular weight is 285 g/mol. The largest absolute Gasteiger partial charge is 0.312 e. The molecule has 0 aliphatic heterocycles. The second kappa shape index (κ2) is 5.77. The summed E-state index contributed by atoms with van der Waals surface area (Å²) >= 11 is 1.89. The summed E-state index contributed by atoms with van der Waals surface area (Å²) in [7, 11) is 0. The van der Waals surface area contributed by atoms with Gasteiger partial charge in [0.1, 0.15) is 0 Å². The molecule has 0 atom stereocenters. The Hall–Kier alpha value is -1.65. The van der Waals surface area contributed by atoms with Crippen molar-refractivity contribution in [1.82, 2.24) is 15.1 Å². The van der Waals surface area contributed by atoms with Gasteiger partial charge < -0.3 is 5.32 Å². The van der Waals surface area contributed by atoms with E-state index in [-0.39, 0.29) is 0 Å². The first kappa shape index (κ1) is 13.3. The van der Waals surface area contributed by atoms with Crippen LogP contribution in [0.2, 0.25) is 0 Å². The summed E-state index contributed by atoms with van der Waals surface area (Å²) in [6, 6.07) is 10.7. The zero-order valence-electron chi connectivity index (χ0n) is 11.9. The van der Waals surface area contributed by atoms with Crippen molar-refractivity contribution >= 4 is 21.4 Å². The van der Waals surface area contributed by atoms with Crippen LogP contribution in [0.3, 0.4) is 0 Å². The summed E-state index contributed by atoms with van der Waals surface area (Å²) in [5.74, 6) is 0. The van der Waals surface area contributed by atoms with Crippen LogP contribution in [-0.2, 0) is 13.1 Å². The maximum Gasteiger partial charge on any atom is 0.0679 e. The fourth-order valence-corrected chi connectivity index (χ4v) is 3.60. The molecule has 0 fully saturated rings. The van der Waals surface area contributed by atoms with Gasteiger partial charge in [0.2, 0.25) is 0 Å². The average Bonchev–Trinajstić information content (AvgIpc) is 3.02. The fourth-order valence-electron chi connectivity index (χ4n) is 2.42. The number of benzene rings is 1. The topological polar surface area (TPSA) is 29.9 Å². The Morgan fingerprint density at radius 1 is 1.25 bits per heavy atom. The van der Waals surface area contributed by atoms with Crippen molar-refractivity contribution in [3.8, 4) is 0 Å². The minimum Gasteiger partial charge on any atom is -0.312 e. The first-order valence-electron chi connectivity index (χ1n) is 6.98. The van der Waals surface area contributed by atoms with Crippen molar-refractivity contribution in [2.24, 2.45) is 0 Å². The normalized spacial score (nSPS) is 11.3. The number of rotatable bonds is 5. The highest BCUT2D eigenvalue weighted by Crippen LogP contribution is 2.32. The van der Waals surface area contributed by atoms with Gasteiger partial charge >= 0.3 is 0 Å². The van der Waals surface area contributed by atoms with E-state index in [2.05, 4.69) is 59.3 Å². The predicted octanol–water partition coefficient (Wildman–Crippen LogP) is 3.56. The molecule has 3 rings (SSSR count). The third kappa shape index (κ3) is 2.49. The Bertz CT molecular complexity index is 711. The molecule has 0 saturated heterocycles. The van der Waals surface area contributed by atoms with Crippen LogP contribution >= 0.6 is 11.3 Å². The SMILES string of the molecule is CCNCc1sc2ccccc2c1Cn1nccc1C. The molecule has 2 aromatic heterocycles. The monoisotopic (exact) mass is 285 g/mol. The number of aromatic nitrogens is 2. The van der Waals surface area contributed by atoms with E-state index in [9.17, 15) is 0 Å². The van der Waals surface area contributed by atoms with Crippen LogP contribution in [0, 0.1) is 6.92 Å². The van der Waals surface area contributed by atoms with Crippen LogP contribution in [0.4, 0.5) is 0 Å². The van der Waals surface area contributed by atoms with Crippen LogP contribution in [0.5, 0.6) is 0 Å². The lowest BCUT2D eigenvalue weighted by molar-refractivity contribution is 0.657. The molecule has 3 aromatic rings. The van der Waals surface area contributed by atoms with Crippen molar-refractivity contribution < 1.29 is 0 Å². The number of nitrogens with one attached hydrogen (secondary N) is 1. The molecule has 0 spiro atoms. The molecule has 1 aromatic carbocycles. The van der Waals surface area contributed by atoms with Gasteiger partial charge in [-0.3, -0.25) is 4.68 Å². The maximum atomic E-state index is 4.42. The van der Waals surface area contributed by atoms with E-state index >= 15 is 0 Å². The summed E-state index contributed by atoms with van der Waals surface area (Å²) in [6.45, 7) is 7.03. The van der Waals surface area contributed by atoms with Crippen molar-refractivity contribution in [3.63, 3.8) is 0 Å². The highest BCUT2D eigenvalue weighted by Gasteiger charge is 2.12. The molecule has 2 heterocycles. The molecular weight excluding hydrogens is 266 g/mol. The minimum absolute atomic E-state index is 0.851. The van der Waals surface area contributed by atoms with Crippen molar-refractivity contribution in [3.05, 3.63) is 52.7 Å². The lowest BCUT2D eigenvalue weighted by atomic mass is 10.1. The quantitative estimate of drug-likeness (QED) is 0.776. The summed E-state index contributed by atoms with van der Waals surface area (Å²) in [5.41, 5.74) is 2.60. The third-order valence-electron chi connectivity index (χ3n) is 3.55. The Labute approximate surface area is 123 Å². The summed E-state index contributed by atoms with van der Waals surface area (Å²) in [4.78, 5) is 1.42. The van der Waals surface area contributed by atoms with E-state index in [0.717, 1.165) is 19.6 Å². The number of fused-ring (bicyclic) bond motifs is 1. The minimum atomic E-state index is 0.851. The number of aryl methyl sites for hydroxylation is 1. The number of hydrogen-bond acceptors (Lipinski definition) is 3. The molecular formula is C16H19N3S. The van der Waals surface area contributed by atoms with Gasteiger partial charge in [-0.1, -0.05) is 25.1 Å². The maximum absolute atomic E-state index is 4.42. The number of thiophene rings is 1. The van der Waals surface area contributed by atoms with E-state index in [0.29, 0.717) is 0 Å². The molecule has 20 heavy (non-hydrogen) atoms. The van der Waals surface area contributed by atoms with Crippen molar-refractivity contribution in [2.75, 3.05) is 6.54 Å². The van der Waals surface area contributed by atoms with Gasteiger partial charge in [-0.25, -0.2) is 0 Å². The van der Waals surface area contributed by atoms with Gasteiger partial charge in [0.25, 0.3) is 0 Å². The van der Waals surface area contributed by atoms with Gasteiger partial charge in [-0.2, -0.15) is 5.10 Å². The highest BCUT2D eigenvalue weighted by atomic mass is 32.1. The smallest absolute Gasteiger partial charge is 0.0679 e. The summed E-state index contributed by atoms with van der Waals surface area (Å²) < 4.78 is 3.43. The molecule has 0 aliphatic carbocycles. The number of hydrogen-bond donors (Lipinski definition) is 1. The van der Waals surface area contributed by atoms with E-state index in [4.69, 9.17) is 0 Å². The lowest BCUT2D eigenvalue weighted by Crippen LogP contribution is -2.13. The summed E-state index contributed by atoms with van der Waals surface area (Å²) in [6.07, 6.45) is 1.87. The van der Waals surface area contributed by atoms with Crippen LogP contribution < -0.4 is 5.32 Å². The fraction of sp³-hybridized carbons (Fsp3) is 0.312. The molecule has 3 nitrogen and oxygen atoms in total. The Morgan fingerprint density at radius 3 is 2.85 bits per heavy atom. The second-order valence-electron chi connectivity index (χ2n) is 4.91. The van der Waals surface area contributed by atoms with Gasteiger partial charge in [0.15, 0.2) is 0 Å². The first-order chi connectivity index (χ1) is 9.79. The van der Waals surface area contributed by atoms with E-state index in [1.165, 1.54) is 26.2 Å². The van der Waals surface area contributed by atoms with E-state index < -0.39 is 0 Å². The zero-order chi connectivity index (χ0) is 13.9. The molecule has 0 saturated carbocycles. The highest BCUT2D eigenvalue weighted by molar-refractivity contribution is 7.19. The molecule has 0 aliphatic rings. The van der Waals surface area contributed by atoms with Gasteiger partial charge in [-0.15, -0.1) is 11.3 Å². The summed E-state index contributed by atoms with van der Waals surface area (Å²) in [5, 5.41) is 9.22. The van der Waals surface area contributed by atoms with Crippen LogP contribution in [0.25, 0.3) is 10.1 Å². The standard InChI is InChI=1S/C16H19N3S/c1-3-17-10-16-14(11-19-12(2)8-9-18-19)13-6-4-5-7-15(13)20-16/h4-9,17H,3,10-11H2,1-2H3. The Morgan fingerprint density at radius 2 is 2.10 bits per heavy atom. The predicted molar refractivity (Wildman–Crippen MR) is 85.3 cm³/mol. The lowest BCUT2D eigenvalue weighted by Gasteiger charge is -2.07. The molecule has 4 heteroatoms. The van der Waals surface area contributed by atoms with Crippen molar-refractivity contribution in [2.45, 2.75) is 26.9 Å². The molecule has 0 radical (unpaired) electrons. The third-order valence-corrected chi connectivity index (χ3v) is 4.77. The molecule has 0 unspecified atom stereocenters.